The highest BCUT2D eigenvalue weighted by Gasteiger charge is 2.32. The fourth-order valence-corrected chi connectivity index (χ4v) is 3.27. The quantitative estimate of drug-likeness (QED) is 0.793. The fourth-order valence-electron chi connectivity index (χ4n) is 2.83. The average Bonchev–Trinajstić information content (AvgIpc) is 2.76. The molecular formula is C15H17IN4O. The van der Waals surface area contributed by atoms with Gasteiger partial charge in [-0.3, -0.25) is 4.79 Å². The minimum absolute atomic E-state index is 0.196. The molecule has 0 spiro atoms. The van der Waals surface area contributed by atoms with Crippen molar-refractivity contribution in [3.63, 3.8) is 0 Å². The first kappa shape index (κ1) is 14.5. The highest BCUT2D eigenvalue weighted by Crippen LogP contribution is 2.36. The van der Waals surface area contributed by atoms with Crippen LogP contribution in [-0.2, 0) is 12.8 Å². The first-order chi connectivity index (χ1) is 9.87. The van der Waals surface area contributed by atoms with E-state index in [9.17, 15) is 4.79 Å². The van der Waals surface area contributed by atoms with E-state index in [-0.39, 0.29) is 5.41 Å². The monoisotopic (exact) mass is 396 g/mol. The summed E-state index contributed by atoms with van der Waals surface area (Å²) in [5.74, 6) is 0.277. The molecule has 0 fully saturated rings. The molecule has 1 aliphatic carbocycles. The normalized spacial score (nSPS) is 16.5. The van der Waals surface area contributed by atoms with Gasteiger partial charge in [-0.25, -0.2) is 9.67 Å². The number of carbonyl (C=O) groups is 1. The van der Waals surface area contributed by atoms with Gasteiger partial charge in [0.1, 0.15) is 0 Å². The zero-order valence-corrected chi connectivity index (χ0v) is 14.2. The lowest BCUT2D eigenvalue weighted by Gasteiger charge is -2.30. The van der Waals surface area contributed by atoms with E-state index in [0.29, 0.717) is 5.69 Å². The van der Waals surface area contributed by atoms with Crippen molar-refractivity contribution in [1.29, 1.82) is 0 Å². The molecule has 0 aliphatic heterocycles. The van der Waals surface area contributed by atoms with E-state index in [4.69, 9.17) is 5.73 Å². The summed E-state index contributed by atoms with van der Waals surface area (Å²) in [4.78, 5) is 16.1. The Hall–Kier alpha value is -1.44. The van der Waals surface area contributed by atoms with Crippen LogP contribution in [0.3, 0.4) is 0 Å². The van der Waals surface area contributed by atoms with E-state index in [1.54, 1.807) is 10.9 Å². The Kier molecular flexibility index (Phi) is 3.51. The largest absolute Gasteiger partial charge is 0.364 e. The Bertz CT molecular complexity index is 720. The van der Waals surface area contributed by atoms with Crippen molar-refractivity contribution in [3.05, 3.63) is 38.9 Å². The number of halogens is 1. The van der Waals surface area contributed by atoms with Crippen molar-refractivity contribution >= 4 is 28.5 Å². The second kappa shape index (κ2) is 5.08. The molecule has 2 N–H and O–H groups in total. The number of rotatable bonds is 2. The molecule has 1 amide bonds. The van der Waals surface area contributed by atoms with Gasteiger partial charge >= 0.3 is 0 Å². The van der Waals surface area contributed by atoms with Gasteiger partial charge in [-0.15, -0.1) is 0 Å². The van der Waals surface area contributed by atoms with E-state index in [0.717, 1.165) is 39.9 Å². The summed E-state index contributed by atoms with van der Waals surface area (Å²) in [6.45, 7) is 4.47. The molecule has 0 saturated heterocycles. The minimum Gasteiger partial charge on any atom is -0.364 e. The number of carbonyl (C=O) groups excluding carboxylic acids is 1. The summed E-state index contributed by atoms with van der Waals surface area (Å²) < 4.78 is 2.87. The Morgan fingerprint density at radius 3 is 2.90 bits per heavy atom. The van der Waals surface area contributed by atoms with Gasteiger partial charge in [-0.05, 0) is 59.4 Å². The van der Waals surface area contributed by atoms with Crippen molar-refractivity contribution in [2.24, 2.45) is 11.1 Å². The van der Waals surface area contributed by atoms with E-state index < -0.39 is 5.91 Å². The summed E-state index contributed by atoms with van der Waals surface area (Å²) in [5, 5.41) is 4.44. The number of hydrogen-bond acceptors (Lipinski definition) is 3. The van der Waals surface area contributed by atoms with Crippen LogP contribution in [-0.4, -0.2) is 20.7 Å². The van der Waals surface area contributed by atoms with Gasteiger partial charge in [-0.2, -0.15) is 5.10 Å². The third-order valence-corrected chi connectivity index (χ3v) is 4.62. The average molecular weight is 396 g/mol. The zero-order chi connectivity index (χ0) is 15.2. The lowest BCUT2D eigenvalue weighted by molar-refractivity contribution is 0.0994. The molecule has 0 radical (unpaired) electrons. The van der Waals surface area contributed by atoms with Gasteiger partial charge in [0, 0.05) is 15.3 Å². The second-order valence-corrected chi connectivity index (χ2v) is 7.47. The van der Waals surface area contributed by atoms with Crippen LogP contribution in [0.5, 0.6) is 0 Å². The molecule has 0 unspecified atom stereocenters. The number of aromatic nitrogens is 3. The summed E-state index contributed by atoms with van der Waals surface area (Å²) in [5.41, 5.74) is 8.13. The topological polar surface area (TPSA) is 73.8 Å². The summed E-state index contributed by atoms with van der Waals surface area (Å²) in [7, 11) is 0. The smallest absolute Gasteiger partial charge is 0.269 e. The van der Waals surface area contributed by atoms with Crippen LogP contribution in [0.4, 0.5) is 0 Å². The SMILES string of the molecule is CC1(C)CCc2c(C(N)=O)nn(-c3cc(I)ccn3)c2C1. The van der Waals surface area contributed by atoms with Crippen LogP contribution in [0.25, 0.3) is 5.82 Å². The molecule has 0 saturated carbocycles. The number of hydrogen-bond donors (Lipinski definition) is 1. The third-order valence-electron chi connectivity index (χ3n) is 3.95. The summed E-state index contributed by atoms with van der Waals surface area (Å²) in [6.07, 6.45) is 4.50. The van der Waals surface area contributed by atoms with Crippen LogP contribution >= 0.6 is 22.6 Å². The molecule has 21 heavy (non-hydrogen) atoms. The first-order valence-corrected chi connectivity index (χ1v) is 7.98. The Morgan fingerprint density at radius 2 is 2.24 bits per heavy atom. The van der Waals surface area contributed by atoms with Crippen molar-refractivity contribution in [1.82, 2.24) is 14.8 Å². The molecule has 5 nitrogen and oxygen atoms in total. The number of fused-ring (bicyclic) bond motifs is 1. The Morgan fingerprint density at radius 1 is 1.48 bits per heavy atom. The molecule has 2 aromatic heterocycles. The molecule has 1 aliphatic rings. The van der Waals surface area contributed by atoms with Crippen LogP contribution in [0, 0.1) is 8.99 Å². The van der Waals surface area contributed by atoms with Gasteiger partial charge in [0.05, 0.1) is 5.69 Å². The van der Waals surface area contributed by atoms with E-state index >= 15 is 0 Å². The maximum Gasteiger partial charge on any atom is 0.269 e. The second-order valence-electron chi connectivity index (χ2n) is 6.22. The Balaban J connectivity index is 2.19. The lowest BCUT2D eigenvalue weighted by Crippen LogP contribution is -2.24. The number of nitrogens with two attached hydrogens (primary N) is 1. The van der Waals surface area contributed by atoms with Crippen LogP contribution in [0.2, 0.25) is 0 Å². The van der Waals surface area contributed by atoms with Gasteiger partial charge in [0.15, 0.2) is 11.5 Å². The first-order valence-electron chi connectivity index (χ1n) is 6.90. The third kappa shape index (κ3) is 2.68. The van der Waals surface area contributed by atoms with Gasteiger partial charge in [0.2, 0.25) is 0 Å². The predicted octanol–water partition coefficient (Wildman–Crippen LogP) is 2.49. The van der Waals surface area contributed by atoms with Crippen molar-refractivity contribution < 1.29 is 4.79 Å². The van der Waals surface area contributed by atoms with E-state index in [1.165, 1.54) is 0 Å². The highest BCUT2D eigenvalue weighted by molar-refractivity contribution is 14.1. The van der Waals surface area contributed by atoms with E-state index in [1.807, 2.05) is 12.1 Å². The maximum atomic E-state index is 11.7. The maximum absolute atomic E-state index is 11.7. The number of pyridine rings is 1. The number of nitrogens with zero attached hydrogens (tertiary/aromatic N) is 3. The van der Waals surface area contributed by atoms with Gasteiger partial charge < -0.3 is 5.73 Å². The molecule has 0 atom stereocenters. The predicted molar refractivity (Wildman–Crippen MR) is 88.4 cm³/mol. The molecule has 0 aromatic carbocycles. The lowest BCUT2D eigenvalue weighted by atomic mass is 9.76. The molecule has 6 heteroatoms. The number of primary amides is 1. The molecule has 110 valence electrons. The van der Waals surface area contributed by atoms with Crippen molar-refractivity contribution in [2.45, 2.75) is 33.1 Å². The summed E-state index contributed by atoms with van der Waals surface area (Å²) >= 11 is 2.24. The molecule has 2 aromatic rings. The Labute approximate surface area is 137 Å². The van der Waals surface area contributed by atoms with Gasteiger partial charge in [-0.1, -0.05) is 13.8 Å². The minimum atomic E-state index is -0.463. The van der Waals surface area contributed by atoms with Crippen molar-refractivity contribution in [2.75, 3.05) is 0 Å². The van der Waals surface area contributed by atoms with Crippen LogP contribution in [0.1, 0.15) is 42.0 Å². The van der Waals surface area contributed by atoms with Crippen molar-refractivity contribution in [3.8, 4) is 5.82 Å². The van der Waals surface area contributed by atoms with Gasteiger partial charge in [0.25, 0.3) is 5.91 Å². The molecule has 0 bridgehead atoms. The molecule has 2 heterocycles. The summed E-state index contributed by atoms with van der Waals surface area (Å²) in [6, 6.07) is 3.89. The standard InChI is InChI=1S/C15H17IN4O/c1-15(2)5-3-10-11(8-15)20(19-13(10)14(17)21)12-7-9(16)4-6-18-12/h4,6-7H,3,5,8H2,1-2H3,(H2,17,21). The van der Waals surface area contributed by atoms with E-state index in [2.05, 4.69) is 46.5 Å². The van der Waals surface area contributed by atoms with Crippen LogP contribution in [0.15, 0.2) is 18.3 Å². The molecule has 3 rings (SSSR count). The fraction of sp³-hybridized carbons (Fsp3) is 0.400. The number of amides is 1. The zero-order valence-electron chi connectivity index (χ0n) is 12.1. The molecular weight excluding hydrogens is 379 g/mol. The van der Waals surface area contributed by atoms with Crippen LogP contribution < -0.4 is 5.73 Å². The highest BCUT2D eigenvalue weighted by atomic mass is 127.